The molecule has 6 heteroatoms. The lowest BCUT2D eigenvalue weighted by Gasteiger charge is -2.24. The van der Waals surface area contributed by atoms with E-state index in [4.69, 9.17) is 0 Å². The van der Waals surface area contributed by atoms with Crippen LogP contribution in [0.2, 0.25) is 0 Å². The van der Waals surface area contributed by atoms with Gasteiger partial charge in [0.25, 0.3) is 5.56 Å². The van der Waals surface area contributed by atoms with Gasteiger partial charge in [-0.3, -0.25) is 29.3 Å². The number of nitrogens with zero attached hydrogens (tertiary/aromatic N) is 2. The summed E-state index contributed by atoms with van der Waals surface area (Å²) < 4.78 is 1.45. The minimum absolute atomic E-state index is 0.243. The molecule has 2 aromatic rings. The zero-order valence-corrected chi connectivity index (χ0v) is 10.9. The molecule has 1 aliphatic rings. The highest BCUT2D eigenvalue weighted by Gasteiger charge is 2.29. The van der Waals surface area contributed by atoms with Gasteiger partial charge in [-0.2, -0.15) is 0 Å². The molecule has 1 saturated heterocycles. The fourth-order valence-electron chi connectivity index (χ4n) is 2.59. The molecule has 3 rings (SSSR count). The third-order valence-corrected chi connectivity index (χ3v) is 3.54. The Kier molecular flexibility index (Phi) is 2.85. The van der Waals surface area contributed by atoms with Gasteiger partial charge in [-0.15, -0.1) is 0 Å². The minimum Gasteiger partial charge on any atom is -0.300 e. The summed E-state index contributed by atoms with van der Waals surface area (Å²) in [5.41, 5.74) is 1.02. The lowest BCUT2D eigenvalue weighted by atomic mass is 10.0. The fraction of sp³-hybridized carbons (Fsp3) is 0.286. The summed E-state index contributed by atoms with van der Waals surface area (Å²) in [4.78, 5) is 39.8. The number of rotatable bonds is 1. The van der Waals surface area contributed by atoms with Crippen LogP contribution in [0.15, 0.2) is 29.2 Å². The van der Waals surface area contributed by atoms with Crippen LogP contribution in [-0.4, -0.2) is 21.4 Å². The van der Waals surface area contributed by atoms with E-state index in [0.29, 0.717) is 23.0 Å². The number of hydrogen-bond acceptors (Lipinski definition) is 4. The lowest BCUT2D eigenvalue weighted by molar-refractivity contribution is -0.135. The van der Waals surface area contributed by atoms with E-state index in [1.54, 1.807) is 31.3 Å². The third kappa shape index (κ3) is 1.89. The second kappa shape index (κ2) is 4.56. The van der Waals surface area contributed by atoms with Crippen LogP contribution in [0.25, 0.3) is 10.9 Å². The SMILES string of the molecule is Cc1cc2ncccc2c(=O)n1C1CCC(=O)NC1=O. The van der Waals surface area contributed by atoms with Gasteiger partial charge in [0.15, 0.2) is 0 Å². The van der Waals surface area contributed by atoms with Gasteiger partial charge in [-0.1, -0.05) is 0 Å². The van der Waals surface area contributed by atoms with Crippen molar-refractivity contribution in [2.24, 2.45) is 0 Å². The van der Waals surface area contributed by atoms with Crippen LogP contribution in [0.1, 0.15) is 24.6 Å². The number of fused-ring (bicyclic) bond motifs is 1. The molecule has 20 heavy (non-hydrogen) atoms. The molecule has 0 bridgehead atoms. The van der Waals surface area contributed by atoms with Crippen molar-refractivity contribution in [2.75, 3.05) is 0 Å². The average Bonchev–Trinajstić information content (AvgIpc) is 2.41. The summed E-state index contributed by atoms with van der Waals surface area (Å²) in [6.45, 7) is 1.76. The molecule has 0 aromatic carbocycles. The molecule has 0 radical (unpaired) electrons. The minimum atomic E-state index is -0.634. The lowest BCUT2D eigenvalue weighted by Crippen LogP contribution is -2.45. The van der Waals surface area contributed by atoms with Crippen LogP contribution in [0.4, 0.5) is 0 Å². The summed E-state index contributed by atoms with van der Waals surface area (Å²) in [7, 11) is 0. The maximum absolute atomic E-state index is 12.5. The number of hydrogen-bond donors (Lipinski definition) is 1. The Bertz CT molecular complexity index is 779. The Morgan fingerprint density at radius 1 is 1.35 bits per heavy atom. The number of imide groups is 1. The van der Waals surface area contributed by atoms with E-state index in [2.05, 4.69) is 10.3 Å². The zero-order chi connectivity index (χ0) is 14.3. The summed E-state index contributed by atoms with van der Waals surface area (Å²) in [6.07, 6.45) is 2.21. The molecule has 1 fully saturated rings. The molecule has 2 aromatic heterocycles. The van der Waals surface area contributed by atoms with E-state index in [1.165, 1.54) is 4.57 Å². The van der Waals surface area contributed by atoms with Crippen molar-refractivity contribution in [2.45, 2.75) is 25.8 Å². The summed E-state index contributed by atoms with van der Waals surface area (Å²) in [5, 5.41) is 2.75. The first-order valence-corrected chi connectivity index (χ1v) is 6.38. The van der Waals surface area contributed by atoms with Crippen LogP contribution in [0.3, 0.4) is 0 Å². The van der Waals surface area contributed by atoms with Crippen molar-refractivity contribution in [1.82, 2.24) is 14.9 Å². The molecular weight excluding hydrogens is 258 g/mol. The highest BCUT2D eigenvalue weighted by atomic mass is 16.2. The fourth-order valence-corrected chi connectivity index (χ4v) is 2.59. The first-order chi connectivity index (χ1) is 9.58. The zero-order valence-electron chi connectivity index (χ0n) is 10.9. The van der Waals surface area contributed by atoms with Gasteiger partial charge in [0, 0.05) is 18.3 Å². The normalized spacial score (nSPS) is 19.1. The quantitative estimate of drug-likeness (QED) is 0.773. The third-order valence-electron chi connectivity index (χ3n) is 3.54. The number of aromatic nitrogens is 2. The molecule has 0 aliphatic carbocycles. The highest BCUT2D eigenvalue weighted by Crippen LogP contribution is 2.20. The predicted molar refractivity (Wildman–Crippen MR) is 72.2 cm³/mol. The monoisotopic (exact) mass is 271 g/mol. The van der Waals surface area contributed by atoms with Crippen LogP contribution in [0.5, 0.6) is 0 Å². The van der Waals surface area contributed by atoms with Gasteiger partial charge in [0.05, 0.1) is 10.9 Å². The predicted octanol–water partition coefficient (Wildman–Crippen LogP) is 0.683. The molecule has 1 aliphatic heterocycles. The first kappa shape index (κ1) is 12.5. The van der Waals surface area contributed by atoms with Crippen LogP contribution in [-0.2, 0) is 9.59 Å². The van der Waals surface area contributed by atoms with Crippen molar-refractivity contribution in [3.8, 4) is 0 Å². The highest BCUT2D eigenvalue weighted by molar-refractivity contribution is 5.99. The Balaban J connectivity index is 2.19. The van der Waals surface area contributed by atoms with E-state index < -0.39 is 11.9 Å². The first-order valence-electron chi connectivity index (χ1n) is 6.38. The number of carbonyl (C=O) groups is 2. The van der Waals surface area contributed by atoms with Crippen molar-refractivity contribution >= 4 is 22.7 Å². The number of amides is 2. The second-order valence-electron chi connectivity index (χ2n) is 4.86. The summed E-state index contributed by atoms with van der Waals surface area (Å²) in [6, 6.07) is 4.52. The van der Waals surface area contributed by atoms with Crippen LogP contribution >= 0.6 is 0 Å². The standard InChI is InChI=1S/C14H13N3O3/c1-8-7-10-9(3-2-6-15-10)14(20)17(8)11-4-5-12(18)16-13(11)19/h2-3,6-7,11H,4-5H2,1H3,(H,16,18,19). The topological polar surface area (TPSA) is 81.1 Å². The smallest absolute Gasteiger partial charge is 0.260 e. The average molecular weight is 271 g/mol. The van der Waals surface area contributed by atoms with Gasteiger partial charge >= 0.3 is 0 Å². The van der Waals surface area contributed by atoms with Gasteiger partial charge in [0.2, 0.25) is 11.8 Å². The number of piperidine rings is 1. The van der Waals surface area contributed by atoms with Crippen molar-refractivity contribution in [3.63, 3.8) is 0 Å². The molecule has 3 heterocycles. The van der Waals surface area contributed by atoms with Crippen molar-refractivity contribution in [3.05, 3.63) is 40.4 Å². The second-order valence-corrected chi connectivity index (χ2v) is 4.86. The largest absolute Gasteiger partial charge is 0.300 e. The van der Waals surface area contributed by atoms with E-state index in [9.17, 15) is 14.4 Å². The maximum atomic E-state index is 12.5. The Morgan fingerprint density at radius 3 is 2.90 bits per heavy atom. The van der Waals surface area contributed by atoms with E-state index in [-0.39, 0.29) is 17.9 Å². The number of pyridine rings is 2. The molecule has 102 valence electrons. The Labute approximate surface area is 114 Å². The number of nitrogens with one attached hydrogen (secondary N) is 1. The summed E-state index contributed by atoms with van der Waals surface area (Å²) in [5.74, 6) is -0.714. The van der Waals surface area contributed by atoms with Gasteiger partial charge in [-0.05, 0) is 31.5 Å². The van der Waals surface area contributed by atoms with Crippen molar-refractivity contribution < 1.29 is 9.59 Å². The number of carbonyl (C=O) groups excluding carboxylic acids is 2. The molecule has 0 saturated carbocycles. The Hall–Kier alpha value is -2.50. The molecular formula is C14H13N3O3. The Morgan fingerprint density at radius 2 is 2.15 bits per heavy atom. The number of aryl methyl sites for hydroxylation is 1. The van der Waals surface area contributed by atoms with Crippen LogP contribution in [0, 0.1) is 6.92 Å². The van der Waals surface area contributed by atoms with Crippen molar-refractivity contribution in [1.29, 1.82) is 0 Å². The molecule has 1 N–H and O–H groups in total. The van der Waals surface area contributed by atoms with Gasteiger partial charge in [0.1, 0.15) is 6.04 Å². The maximum Gasteiger partial charge on any atom is 0.260 e. The van der Waals surface area contributed by atoms with E-state index in [1.807, 2.05) is 0 Å². The van der Waals surface area contributed by atoms with E-state index in [0.717, 1.165) is 0 Å². The van der Waals surface area contributed by atoms with Gasteiger partial charge in [-0.25, -0.2) is 0 Å². The van der Waals surface area contributed by atoms with Crippen LogP contribution < -0.4 is 10.9 Å². The summed E-state index contributed by atoms with van der Waals surface area (Å²) >= 11 is 0. The molecule has 0 spiro atoms. The molecule has 2 amide bonds. The van der Waals surface area contributed by atoms with E-state index >= 15 is 0 Å². The molecule has 6 nitrogen and oxygen atoms in total. The molecule has 1 unspecified atom stereocenters. The van der Waals surface area contributed by atoms with Gasteiger partial charge < -0.3 is 0 Å². The molecule has 1 atom stereocenters.